The van der Waals surface area contributed by atoms with Crippen LogP contribution in [0.1, 0.15) is 11.1 Å². The van der Waals surface area contributed by atoms with Gasteiger partial charge in [-0.25, -0.2) is 8.42 Å². The number of rotatable bonds is 6. The number of sulfonamides is 1. The van der Waals surface area contributed by atoms with E-state index in [0.717, 1.165) is 11.1 Å². The van der Waals surface area contributed by atoms with E-state index >= 15 is 0 Å². The predicted octanol–water partition coefficient (Wildman–Crippen LogP) is 3.12. The highest BCUT2D eigenvalue weighted by Crippen LogP contribution is 2.20. The molecule has 2 rings (SSSR count). The number of ether oxygens (including phenoxy) is 1. The topological polar surface area (TPSA) is 55.4 Å². The van der Waals surface area contributed by atoms with Gasteiger partial charge < -0.3 is 4.74 Å². The molecule has 0 aromatic heterocycles. The van der Waals surface area contributed by atoms with Gasteiger partial charge in [-0.15, -0.1) is 0 Å². The van der Waals surface area contributed by atoms with E-state index in [9.17, 15) is 8.42 Å². The van der Waals surface area contributed by atoms with Crippen LogP contribution in [0.5, 0.6) is 5.75 Å². The van der Waals surface area contributed by atoms with Crippen LogP contribution >= 0.6 is 0 Å². The van der Waals surface area contributed by atoms with Crippen molar-refractivity contribution >= 4 is 15.7 Å². The van der Waals surface area contributed by atoms with E-state index in [-0.39, 0.29) is 12.4 Å². The summed E-state index contributed by atoms with van der Waals surface area (Å²) in [7, 11) is -3.42. The first-order valence-electron chi connectivity index (χ1n) is 6.72. The number of hydrogen-bond acceptors (Lipinski definition) is 3. The highest BCUT2D eigenvalue weighted by atomic mass is 32.2. The maximum atomic E-state index is 12.1. The number of para-hydroxylation sites is 2. The maximum absolute atomic E-state index is 12.1. The summed E-state index contributed by atoms with van der Waals surface area (Å²) in [5, 5.41) is 0. The van der Waals surface area contributed by atoms with Gasteiger partial charge in [0.1, 0.15) is 18.1 Å². The summed E-state index contributed by atoms with van der Waals surface area (Å²) in [6.45, 7) is 3.88. The van der Waals surface area contributed by atoms with Gasteiger partial charge in [-0.05, 0) is 37.1 Å². The third kappa shape index (κ3) is 4.49. The minimum atomic E-state index is -3.42. The van der Waals surface area contributed by atoms with Crippen LogP contribution < -0.4 is 9.46 Å². The van der Waals surface area contributed by atoms with Crippen LogP contribution in [-0.4, -0.2) is 20.8 Å². The fourth-order valence-electron chi connectivity index (χ4n) is 1.97. The number of nitrogens with one attached hydrogen (secondary N) is 1. The lowest BCUT2D eigenvalue weighted by Gasteiger charge is -2.13. The normalized spacial score (nSPS) is 11.1. The van der Waals surface area contributed by atoms with Crippen LogP contribution in [0.15, 0.2) is 48.5 Å². The summed E-state index contributed by atoms with van der Waals surface area (Å²) in [6.07, 6.45) is 0. The predicted molar refractivity (Wildman–Crippen MR) is 85.3 cm³/mol. The average molecular weight is 305 g/mol. The van der Waals surface area contributed by atoms with Crippen LogP contribution in [0, 0.1) is 13.8 Å². The molecule has 0 bridgehead atoms. The Hall–Kier alpha value is -2.01. The fourth-order valence-corrected chi connectivity index (χ4v) is 3.01. The van der Waals surface area contributed by atoms with Crippen molar-refractivity contribution < 1.29 is 13.2 Å². The van der Waals surface area contributed by atoms with Gasteiger partial charge >= 0.3 is 0 Å². The van der Waals surface area contributed by atoms with Crippen LogP contribution in [0.25, 0.3) is 0 Å². The minimum absolute atomic E-state index is 0.0876. The third-order valence-electron chi connectivity index (χ3n) is 3.10. The first kappa shape index (κ1) is 15.4. The number of benzene rings is 2. The second-order valence-electron chi connectivity index (χ2n) is 4.85. The molecule has 0 aliphatic rings. The van der Waals surface area contributed by atoms with Gasteiger partial charge in [-0.2, -0.15) is 0 Å². The van der Waals surface area contributed by atoms with E-state index in [1.54, 1.807) is 12.1 Å². The zero-order chi connectivity index (χ0) is 15.3. The number of aryl methyl sites for hydroxylation is 2. The van der Waals surface area contributed by atoms with E-state index in [0.29, 0.717) is 11.4 Å². The average Bonchev–Trinajstić information content (AvgIpc) is 2.44. The Kier molecular flexibility index (Phi) is 4.85. The van der Waals surface area contributed by atoms with Gasteiger partial charge in [0.05, 0.1) is 5.69 Å². The van der Waals surface area contributed by atoms with Gasteiger partial charge in [0.2, 0.25) is 10.0 Å². The van der Waals surface area contributed by atoms with E-state index in [2.05, 4.69) is 4.72 Å². The molecule has 0 spiro atoms. The lowest BCUT2D eigenvalue weighted by Crippen LogP contribution is -2.22. The zero-order valence-electron chi connectivity index (χ0n) is 12.2. The maximum Gasteiger partial charge on any atom is 0.236 e. The molecule has 4 nitrogen and oxygen atoms in total. The van der Waals surface area contributed by atoms with Gasteiger partial charge in [0.25, 0.3) is 0 Å². The molecule has 0 fully saturated rings. The summed E-state index contributed by atoms with van der Waals surface area (Å²) < 4.78 is 32.3. The SMILES string of the molecule is Cc1cccc(C)c1NS(=O)(=O)CCOc1ccccc1. The van der Waals surface area contributed by atoms with Gasteiger partial charge in [-0.1, -0.05) is 36.4 Å². The summed E-state index contributed by atoms with van der Waals surface area (Å²) in [5.74, 6) is 0.579. The highest BCUT2D eigenvalue weighted by molar-refractivity contribution is 7.92. The molecule has 0 unspecified atom stereocenters. The van der Waals surface area contributed by atoms with Crippen molar-refractivity contribution in [2.45, 2.75) is 13.8 Å². The van der Waals surface area contributed by atoms with Gasteiger partial charge in [0.15, 0.2) is 0 Å². The molecule has 2 aromatic carbocycles. The Bertz CT molecular complexity index is 676. The van der Waals surface area contributed by atoms with E-state index < -0.39 is 10.0 Å². The monoisotopic (exact) mass is 305 g/mol. The van der Waals surface area contributed by atoms with Crippen molar-refractivity contribution in [2.24, 2.45) is 0 Å². The molecule has 0 aliphatic heterocycles. The standard InChI is InChI=1S/C16H19NO3S/c1-13-7-6-8-14(2)16(13)17-21(18,19)12-11-20-15-9-4-3-5-10-15/h3-10,17H,11-12H2,1-2H3. The molecule has 21 heavy (non-hydrogen) atoms. The van der Waals surface area contributed by atoms with Crippen LogP contribution in [0.2, 0.25) is 0 Å². The molecule has 0 aliphatic carbocycles. The first-order valence-corrected chi connectivity index (χ1v) is 8.38. The fraction of sp³-hybridized carbons (Fsp3) is 0.250. The second kappa shape index (κ2) is 6.63. The number of anilines is 1. The van der Waals surface area contributed by atoms with Crippen molar-refractivity contribution in [2.75, 3.05) is 17.1 Å². The van der Waals surface area contributed by atoms with Crippen LogP contribution in [0.3, 0.4) is 0 Å². The van der Waals surface area contributed by atoms with Crippen molar-refractivity contribution in [1.29, 1.82) is 0 Å². The summed E-state index contributed by atoms with van der Waals surface area (Å²) in [6, 6.07) is 14.8. The Balaban J connectivity index is 1.96. The Morgan fingerprint density at radius 3 is 2.19 bits per heavy atom. The van der Waals surface area contributed by atoms with E-state index in [4.69, 9.17) is 4.74 Å². The summed E-state index contributed by atoms with van der Waals surface area (Å²) in [4.78, 5) is 0. The Labute approximate surface area is 125 Å². The highest BCUT2D eigenvalue weighted by Gasteiger charge is 2.13. The largest absolute Gasteiger partial charge is 0.492 e. The van der Waals surface area contributed by atoms with Crippen molar-refractivity contribution in [3.63, 3.8) is 0 Å². The number of hydrogen-bond donors (Lipinski definition) is 1. The smallest absolute Gasteiger partial charge is 0.236 e. The molecular weight excluding hydrogens is 286 g/mol. The molecule has 0 amide bonds. The lowest BCUT2D eigenvalue weighted by molar-refractivity contribution is 0.341. The molecule has 0 heterocycles. The lowest BCUT2D eigenvalue weighted by atomic mass is 10.1. The first-order chi connectivity index (χ1) is 9.98. The molecule has 0 atom stereocenters. The molecule has 112 valence electrons. The van der Waals surface area contributed by atoms with Gasteiger partial charge in [-0.3, -0.25) is 4.72 Å². The van der Waals surface area contributed by atoms with Gasteiger partial charge in [0, 0.05) is 0 Å². The Morgan fingerprint density at radius 2 is 1.57 bits per heavy atom. The van der Waals surface area contributed by atoms with E-state index in [1.807, 2.05) is 50.2 Å². The summed E-state index contributed by atoms with van der Waals surface area (Å²) in [5.41, 5.74) is 2.46. The molecule has 2 aromatic rings. The van der Waals surface area contributed by atoms with Crippen molar-refractivity contribution in [3.05, 3.63) is 59.7 Å². The van der Waals surface area contributed by atoms with Crippen molar-refractivity contribution in [1.82, 2.24) is 0 Å². The zero-order valence-corrected chi connectivity index (χ0v) is 13.0. The molecular formula is C16H19NO3S. The second-order valence-corrected chi connectivity index (χ2v) is 6.69. The molecule has 0 saturated heterocycles. The summed E-state index contributed by atoms with van der Waals surface area (Å²) >= 11 is 0. The molecule has 5 heteroatoms. The van der Waals surface area contributed by atoms with Crippen molar-refractivity contribution in [3.8, 4) is 5.75 Å². The quantitative estimate of drug-likeness (QED) is 0.892. The molecule has 0 radical (unpaired) electrons. The van der Waals surface area contributed by atoms with Crippen LogP contribution in [-0.2, 0) is 10.0 Å². The van der Waals surface area contributed by atoms with E-state index in [1.165, 1.54) is 0 Å². The molecule has 1 N–H and O–H groups in total. The minimum Gasteiger partial charge on any atom is -0.492 e. The third-order valence-corrected chi connectivity index (χ3v) is 4.32. The van der Waals surface area contributed by atoms with Crippen LogP contribution in [0.4, 0.5) is 5.69 Å². The molecule has 0 saturated carbocycles. The Morgan fingerprint density at radius 1 is 0.952 bits per heavy atom.